The predicted molar refractivity (Wildman–Crippen MR) is 46.2 cm³/mol. The molecule has 12 heavy (non-hydrogen) atoms. The fourth-order valence-corrected chi connectivity index (χ4v) is 1.01. The average Bonchev–Trinajstić information content (AvgIpc) is 2.04. The summed E-state index contributed by atoms with van der Waals surface area (Å²) in [6.07, 6.45) is -1.76. The van der Waals surface area contributed by atoms with Crippen LogP contribution in [0, 0.1) is 0 Å². The second kappa shape index (κ2) is 3.87. The van der Waals surface area contributed by atoms with E-state index < -0.39 is 11.4 Å². The van der Waals surface area contributed by atoms with Gasteiger partial charge in [-0.05, 0) is 29.3 Å². The first-order chi connectivity index (χ1) is 5.61. The monoisotopic (exact) mass is 206 g/mol. The van der Waals surface area contributed by atoms with E-state index in [0.29, 0.717) is 5.02 Å². The molecule has 1 atom stereocenters. The van der Waals surface area contributed by atoms with Crippen LogP contribution in [-0.4, -0.2) is 5.24 Å². The van der Waals surface area contributed by atoms with Crippen LogP contribution in [0.1, 0.15) is 11.7 Å². The van der Waals surface area contributed by atoms with Crippen molar-refractivity contribution in [1.82, 2.24) is 0 Å². The summed E-state index contributed by atoms with van der Waals surface area (Å²) >= 11 is 10.5. The summed E-state index contributed by atoms with van der Waals surface area (Å²) in [6, 6.07) is 5.85. The van der Waals surface area contributed by atoms with Crippen LogP contribution in [0.15, 0.2) is 24.3 Å². The number of alkyl halides is 1. The molecule has 0 aromatic heterocycles. The maximum Gasteiger partial charge on any atom is 0.260 e. The normalized spacial score (nSPS) is 12.6. The molecule has 1 rings (SSSR count). The number of hydrogen-bond acceptors (Lipinski definition) is 1. The molecular weight excluding hydrogens is 202 g/mol. The Morgan fingerprint density at radius 2 is 1.83 bits per heavy atom. The Balaban J connectivity index is 2.89. The Bertz CT molecular complexity index is 284. The van der Waals surface area contributed by atoms with Crippen LogP contribution in [0.4, 0.5) is 4.39 Å². The zero-order chi connectivity index (χ0) is 9.14. The molecule has 1 aromatic rings. The van der Waals surface area contributed by atoms with Crippen LogP contribution < -0.4 is 0 Å². The summed E-state index contributed by atoms with van der Waals surface area (Å²) in [5.74, 6) is 0. The van der Waals surface area contributed by atoms with E-state index in [4.69, 9.17) is 23.2 Å². The molecule has 0 spiro atoms. The van der Waals surface area contributed by atoms with Crippen molar-refractivity contribution in [2.45, 2.75) is 6.17 Å². The molecule has 0 aliphatic heterocycles. The van der Waals surface area contributed by atoms with Gasteiger partial charge in [0, 0.05) is 5.02 Å². The van der Waals surface area contributed by atoms with Gasteiger partial charge in [0.1, 0.15) is 0 Å². The van der Waals surface area contributed by atoms with Gasteiger partial charge in [-0.25, -0.2) is 4.39 Å². The molecule has 0 N–H and O–H groups in total. The van der Waals surface area contributed by atoms with Crippen molar-refractivity contribution in [3.63, 3.8) is 0 Å². The number of halogens is 3. The molecule has 0 aliphatic rings. The first kappa shape index (κ1) is 9.49. The summed E-state index contributed by atoms with van der Waals surface area (Å²) in [7, 11) is 0. The second-order valence-electron chi connectivity index (χ2n) is 2.22. The summed E-state index contributed by atoms with van der Waals surface area (Å²) in [5.41, 5.74) is 0.222. The maximum atomic E-state index is 12.9. The minimum absolute atomic E-state index is 0.222. The zero-order valence-electron chi connectivity index (χ0n) is 5.93. The minimum atomic E-state index is -1.76. The largest absolute Gasteiger partial charge is 0.278 e. The molecule has 0 amide bonds. The number of rotatable bonds is 2. The van der Waals surface area contributed by atoms with Crippen LogP contribution in [0.25, 0.3) is 0 Å². The predicted octanol–water partition coefficient (Wildman–Crippen LogP) is 3.12. The first-order valence-electron chi connectivity index (χ1n) is 3.20. The van der Waals surface area contributed by atoms with Gasteiger partial charge in [0.05, 0.1) is 0 Å². The zero-order valence-corrected chi connectivity index (χ0v) is 7.44. The van der Waals surface area contributed by atoms with Crippen LogP contribution in [-0.2, 0) is 4.79 Å². The quantitative estimate of drug-likeness (QED) is 0.681. The van der Waals surface area contributed by atoms with Gasteiger partial charge in [-0.2, -0.15) is 0 Å². The van der Waals surface area contributed by atoms with Crippen molar-refractivity contribution < 1.29 is 9.18 Å². The van der Waals surface area contributed by atoms with Gasteiger partial charge in [-0.3, -0.25) is 4.79 Å². The Morgan fingerprint density at radius 3 is 2.25 bits per heavy atom. The topological polar surface area (TPSA) is 17.1 Å². The third-order valence-corrected chi connectivity index (χ3v) is 1.81. The SMILES string of the molecule is O=C(Cl)C(F)c1ccc(Cl)cc1. The van der Waals surface area contributed by atoms with Crippen molar-refractivity contribution in [2.24, 2.45) is 0 Å². The van der Waals surface area contributed by atoms with Crippen LogP contribution in [0.2, 0.25) is 5.02 Å². The van der Waals surface area contributed by atoms with Crippen LogP contribution >= 0.6 is 23.2 Å². The van der Waals surface area contributed by atoms with Crippen molar-refractivity contribution >= 4 is 28.4 Å². The molecule has 4 heteroatoms. The van der Waals surface area contributed by atoms with Gasteiger partial charge in [0.25, 0.3) is 5.24 Å². The highest BCUT2D eigenvalue weighted by Crippen LogP contribution is 2.21. The molecule has 0 aliphatic carbocycles. The molecule has 0 radical (unpaired) electrons. The lowest BCUT2D eigenvalue weighted by Crippen LogP contribution is -1.99. The molecule has 1 aromatic carbocycles. The Kier molecular flexibility index (Phi) is 3.06. The smallest absolute Gasteiger partial charge is 0.260 e. The van der Waals surface area contributed by atoms with E-state index in [1.54, 1.807) is 0 Å². The lowest BCUT2D eigenvalue weighted by molar-refractivity contribution is -0.116. The highest BCUT2D eigenvalue weighted by molar-refractivity contribution is 6.64. The fourth-order valence-electron chi connectivity index (χ4n) is 0.763. The number of benzene rings is 1. The summed E-state index contributed by atoms with van der Waals surface area (Å²) in [6.45, 7) is 0. The molecule has 0 saturated heterocycles. The number of carbonyl (C=O) groups is 1. The highest BCUT2D eigenvalue weighted by atomic mass is 35.5. The van der Waals surface area contributed by atoms with E-state index in [0.717, 1.165) is 0 Å². The average molecular weight is 207 g/mol. The molecule has 0 heterocycles. The fraction of sp³-hybridized carbons (Fsp3) is 0.125. The van der Waals surface area contributed by atoms with Crippen molar-refractivity contribution in [1.29, 1.82) is 0 Å². The lowest BCUT2D eigenvalue weighted by atomic mass is 10.1. The molecule has 1 nitrogen and oxygen atoms in total. The molecule has 1 unspecified atom stereocenters. The summed E-state index contributed by atoms with van der Waals surface area (Å²) < 4.78 is 12.9. The molecule has 64 valence electrons. The maximum absolute atomic E-state index is 12.9. The first-order valence-corrected chi connectivity index (χ1v) is 3.95. The van der Waals surface area contributed by atoms with Crippen molar-refractivity contribution in [3.8, 4) is 0 Å². The molecule has 0 fully saturated rings. The third-order valence-electron chi connectivity index (χ3n) is 1.36. The minimum Gasteiger partial charge on any atom is -0.278 e. The standard InChI is InChI=1S/C8H5Cl2FO/c9-6-3-1-5(2-4-6)7(11)8(10)12/h1-4,7H. The van der Waals surface area contributed by atoms with Gasteiger partial charge in [0.2, 0.25) is 0 Å². The van der Waals surface area contributed by atoms with E-state index >= 15 is 0 Å². The molecular formula is C8H5Cl2FO. The van der Waals surface area contributed by atoms with E-state index in [-0.39, 0.29) is 5.56 Å². The Hall–Kier alpha value is -0.600. The van der Waals surface area contributed by atoms with Crippen LogP contribution in [0.3, 0.4) is 0 Å². The van der Waals surface area contributed by atoms with Gasteiger partial charge >= 0.3 is 0 Å². The molecule has 0 bridgehead atoms. The van der Waals surface area contributed by atoms with Crippen LogP contribution in [0.5, 0.6) is 0 Å². The Morgan fingerprint density at radius 1 is 1.33 bits per heavy atom. The van der Waals surface area contributed by atoms with Gasteiger partial charge < -0.3 is 0 Å². The number of carbonyl (C=O) groups excluding carboxylic acids is 1. The summed E-state index contributed by atoms with van der Waals surface area (Å²) in [4.78, 5) is 10.4. The van der Waals surface area contributed by atoms with E-state index in [2.05, 4.69) is 0 Å². The van der Waals surface area contributed by atoms with E-state index in [1.165, 1.54) is 24.3 Å². The van der Waals surface area contributed by atoms with E-state index in [9.17, 15) is 9.18 Å². The van der Waals surface area contributed by atoms with E-state index in [1.807, 2.05) is 0 Å². The molecule has 0 saturated carbocycles. The van der Waals surface area contributed by atoms with Crippen molar-refractivity contribution in [2.75, 3.05) is 0 Å². The second-order valence-corrected chi connectivity index (χ2v) is 3.03. The summed E-state index contributed by atoms with van der Waals surface area (Å²) in [5, 5.41) is -0.523. The van der Waals surface area contributed by atoms with Gasteiger partial charge in [0.15, 0.2) is 6.17 Å². The van der Waals surface area contributed by atoms with Crippen molar-refractivity contribution in [3.05, 3.63) is 34.9 Å². The van der Waals surface area contributed by atoms with Gasteiger partial charge in [-0.1, -0.05) is 23.7 Å². The lowest BCUT2D eigenvalue weighted by Gasteiger charge is -2.01. The van der Waals surface area contributed by atoms with Gasteiger partial charge in [-0.15, -0.1) is 0 Å². The highest BCUT2D eigenvalue weighted by Gasteiger charge is 2.16. The third kappa shape index (κ3) is 2.19. The number of hydrogen-bond donors (Lipinski definition) is 0. The Labute approximate surface area is 79.1 Å².